The second-order valence-electron chi connectivity index (χ2n) is 6.66. The summed E-state index contributed by atoms with van der Waals surface area (Å²) in [5, 5.41) is -0.329. The largest absolute Gasteiger partial charge is 0.327 e. The predicted molar refractivity (Wildman–Crippen MR) is 72.6 cm³/mol. The van der Waals surface area contributed by atoms with Crippen molar-refractivity contribution < 1.29 is 8.42 Å². The lowest BCUT2D eigenvalue weighted by molar-refractivity contribution is 0.227. The van der Waals surface area contributed by atoms with Gasteiger partial charge in [-0.3, -0.25) is 0 Å². The molecule has 0 heterocycles. The summed E-state index contributed by atoms with van der Waals surface area (Å²) in [6.45, 7) is 8.40. The van der Waals surface area contributed by atoms with E-state index in [0.29, 0.717) is 18.1 Å². The highest BCUT2D eigenvalue weighted by Gasteiger charge is 2.40. The Balaban J connectivity index is 2.75. The lowest BCUT2D eigenvalue weighted by Crippen LogP contribution is -2.48. The Hall–Kier alpha value is -0.0900. The standard InChI is InChI=1S/C13H27NO2S/c1-10(2)6-8-17(15,16)12-9-13(3,4)7-5-11(12)14/h10-12H,5-9,14H2,1-4H3. The van der Waals surface area contributed by atoms with Crippen molar-refractivity contribution in [3.05, 3.63) is 0 Å². The average Bonchev–Trinajstić information content (AvgIpc) is 2.19. The summed E-state index contributed by atoms with van der Waals surface area (Å²) >= 11 is 0. The van der Waals surface area contributed by atoms with Crippen molar-refractivity contribution in [1.29, 1.82) is 0 Å². The van der Waals surface area contributed by atoms with Crippen LogP contribution in [0.25, 0.3) is 0 Å². The molecule has 0 aliphatic heterocycles. The van der Waals surface area contributed by atoms with Gasteiger partial charge in [0.05, 0.1) is 11.0 Å². The maximum Gasteiger partial charge on any atom is 0.154 e. The first kappa shape index (κ1) is 15.0. The number of sulfone groups is 1. The van der Waals surface area contributed by atoms with Gasteiger partial charge >= 0.3 is 0 Å². The highest BCUT2D eigenvalue weighted by atomic mass is 32.2. The maximum atomic E-state index is 12.3. The van der Waals surface area contributed by atoms with Crippen LogP contribution in [0.5, 0.6) is 0 Å². The molecule has 1 fully saturated rings. The molecule has 1 aliphatic rings. The third kappa shape index (κ3) is 4.25. The lowest BCUT2D eigenvalue weighted by Gasteiger charge is -2.38. The van der Waals surface area contributed by atoms with Crippen molar-refractivity contribution >= 4 is 9.84 Å². The van der Waals surface area contributed by atoms with Crippen molar-refractivity contribution in [2.24, 2.45) is 17.1 Å². The minimum Gasteiger partial charge on any atom is -0.327 e. The molecule has 0 spiro atoms. The molecular formula is C13H27NO2S. The van der Waals surface area contributed by atoms with E-state index in [1.807, 2.05) is 0 Å². The summed E-state index contributed by atoms with van der Waals surface area (Å²) in [6, 6.07) is -0.166. The molecule has 2 unspecified atom stereocenters. The Morgan fingerprint density at radius 3 is 2.47 bits per heavy atom. The van der Waals surface area contributed by atoms with Crippen LogP contribution in [0.15, 0.2) is 0 Å². The van der Waals surface area contributed by atoms with Gasteiger partial charge in [-0.1, -0.05) is 27.7 Å². The SMILES string of the molecule is CC(C)CCS(=O)(=O)C1CC(C)(C)CCC1N. The molecule has 1 rings (SSSR count). The summed E-state index contributed by atoms with van der Waals surface area (Å²) in [4.78, 5) is 0. The van der Waals surface area contributed by atoms with Crippen LogP contribution in [0.2, 0.25) is 0 Å². The van der Waals surface area contributed by atoms with Gasteiger partial charge in [0.15, 0.2) is 9.84 Å². The zero-order valence-electron chi connectivity index (χ0n) is 11.6. The zero-order chi connectivity index (χ0) is 13.3. The Kier molecular flexibility index (Phi) is 4.64. The van der Waals surface area contributed by atoms with E-state index in [4.69, 9.17) is 5.73 Å². The normalized spacial score (nSPS) is 29.5. The molecule has 17 heavy (non-hydrogen) atoms. The first-order chi connectivity index (χ1) is 7.64. The fourth-order valence-electron chi connectivity index (χ4n) is 2.49. The molecule has 0 aromatic heterocycles. The fraction of sp³-hybridized carbons (Fsp3) is 1.00. The van der Waals surface area contributed by atoms with Gasteiger partial charge in [-0.05, 0) is 37.0 Å². The van der Waals surface area contributed by atoms with Gasteiger partial charge in [0.1, 0.15) is 0 Å². The highest BCUT2D eigenvalue weighted by Crippen LogP contribution is 2.37. The predicted octanol–water partition coefficient (Wildman–Crippen LogP) is 2.35. The molecule has 2 N–H and O–H groups in total. The van der Waals surface area contributed by atoms with Gasteiger partial charge in [-0.25, -0.2) is 8.42 Å². The van der Waals surface area contributed by atoms with E-state index in [-0.39, 0.29) is 16.7 Å². The molecule has 1 aliphatic carbocycles. The fourth-order valence-corrected chi connectivity index (χ4v) is 4.96. The van der Waals surface area contributed by atoms with Crippen LogP contribution in [0.1, 0.15) is 53.4 Å². The van der Waals surface area contributed by atoms with E-state index in [9.17, 15) is 8.42 Å². The second kappa shape index (κ2) is 5.27. The summed E-state index contributed by atoms with van der Waals surface area (Å²) < 4.78 is 24.6. The van der Waals surface area contributed by atoms with Crippen LogP contribution < -0.4 is 5.73 Å². The number of nitrogens with two attached hydrogens (primary N) is 1. The van der Waals surface area contributed by atoms with Crippen LogP contribution in [0.4, 0.5) is 0 Å². The summed E-state index contributed by atoms with van der Waals surface area (Å²) in [5.74, 6) is 0.719. The van der Waals surface area contributed by atoms with Gasteiger partial charge in [0, 0.05) is 6.04 Å². The van der Waals surface area contributed by atoms with Crippen molar-refractivity contribution in [2.75, 3.05) is 5.75 Å². The van der Waals surface area contributed by atoms with E-state index in [2.05, 4.69) is 27.7 Å². The number of rotatable bonds is 4. The molecule has 4 heteroatoms. The Morgan fingerprint density at radius 1 is 1.35 bits per heavy atom. The maximum absolute atomic E-state index is 12.3. The molecule has 0 radical (unpaired) electrons. The van der Waals surface area contributed by atoms with Gasteiger partial charge in [-0.15, -0.1) is 0 Å². The first-order valence-corrected chi connectivity index (χ1v) is 8.33. The van der Waals surface area contributed by atoms with E-state index >= 15 is 0 Å². The van der Waals surface area contributed by atoms with Crippen molar-refractivity contribution in [3.8, 4) is 0 Å². The minimum atomic E-state index is -3.02. The van der Waals surface area contributed by atoms with Gasteiger partial charge < -0.3 is 5.73 Å². The molecular weight excluding hydrogens is 234 g/mol. The summed E-state index contributed by atoms with van der Waals surface area (Å²) in [5.41, 5.74) is 6.13. The van der Waals surface area contributed by atoms with Gasteiger partial charge in [-0.2, -0.15) is 0 Å². The smallest absolute Gasteiger partial charge is 0.154 e. The molecule has 0 bridgehead atoms. The monoisotopic (exact) mass is 261 g/mol. The quantitative estimate of drug-likeness (QED) is 0.845. The molecule has 102 valence electrons. The molecule has 0 aromatic rings. The van der Waals surface area contributed by atoms with Crippen LogP contribution in [-0.2, 0) is 9.84 Å². The van der Waals surface area contributed by atoms with E-state index in [1.165, 1.54) is 0 Å². The molecule has 0 aromatic carbocycles. The van der Waals surface area contributed by atoms with Crippen LogP contribution in [0, 0.1) is 11.3 Å². The van der Waals surface area contributed by atoms with Crippen LogP contribution >= 0.6 is 0 Å². The van der Waals surface area contributed by atoms with E-state index in [1.54, 1.807) is 0 Å². The van der Waals surface area contributed by atoms with Crippen molar-refractivity contribution in [2.45, 2.75) is 64.7 Å². The second-order valence-corrected chi connectivity index (χ2v) is 9.00. The molecule has 0 saturated heterocycles. The Morgan fingerprint density at radius 2 is 1.94 bits per heavy atom. The lowest BCUT2D eigenvalue weighted by atomic mass is 9.75. The van der Waals surface area contributed by atoms with Crippen molar-refractivity contribution in [1.82, 2.24) is 0 Å². The molecule has 0 amide bonds. The van der Waals surface area contributed by atoms with Gasteiger partial charge in [0.2, 0.25) is 0 Å². The van der Waals surface area contributed by atoms with Crippen LogP contribution in [-0.4, -0.2) is 25.5 Å². The summed E-state index contributed by atoms with van der Waals surface area (Å²) in [6.07, 6.45) is 3.32. The molecule has 3 nitrogen and oxygen atoms in total. The topological polar surface area (TPSA) is 60.2 Å². The third-order valence-corrected chi connectivity index (χ3v) is 6.07. The van der Waals surface area contributed by atoms with Crippen LogP contribution in [0.3, 0.4) is 0 Å². The minimum absolute atomic E-state index is 0.117. The zero-order valence-corrected chi connectivity index (χ0v) is 12.4. The Labute approximate surface area is 106 Å². The van der Waals surface area contributed by atoms with E-state index < -0.39 is 9.84 Å². The summed E-state index contributed by atoms with van der Waals surface area (Å²) in [7, 11) is -3.02. The Bertz CT molecular complexity index is 346. The molecule has 2 atom stereocenters. The van der Waals surface area contributed by atoms with E-state index in [0.717, 1.165) is 19.3 Å². The number of hydrogen-bond acceptors (Lipinski definition) is 3. The highest BCUT2D eigenvalue weighted by molar-refractivity contribution is 7.92. The average molecular weight is 261 g/mol. The first-order valence-electron chi connectivity index (χ1n) is 6.61. The number of hydrogen-bond donors (Lipinski definition) is 1. The van der Waals surface area contributed by atoms with Crippen molar-refractivity contribution in [3.63, 3.8) is 0 Å². The molecule has 1 saturated carbocycles. The third-order valence-electron chi connectivity index (χ3n) is 3.83. The van der Waals surface area contributed by atoms with Gasteiger partial charge in [0.25, 0.3) is 0 Å².